The average Bonchev–Trinajstić information content (AvgIpc) is 2.57. The summed E-state index contributed by atoms with van der Waals surface area (Å²) in [7, 11) is -1.51. The van der Waals surface area contributed by atoms with Crippen LogP contribution < -0.4 is 0 Å². The van der Waals surface area contributed by atoms with Crippen molar-refractivity contribution in [3.63, 3.8) is 0 Å². The van der Waals surface area contributed by atoms with Gasteiger partial charge in [0.2, 0.25) is 0 Å². The normalized spacial score (nSPS) is 11.5. The van der Waals surface area contributed by atoms with E-state index in [1.807, 2.05) is 0 Å². The van der Waals surface area contributed by atoms with E-state index < -0.39 is 8.07 Å². The van der Waals surface area contributed by atoms with Crippen molar-refractivity contribution in [2.45, 2.75) is 136 Å². The first-order valence-corrected chi connectivity index (χ1v) is 13.6. The van der Waals surface area contributed by atoms with Crippen molar-refractivity contribution in [2.24, 2.45) is 0 Å². The molecule has 0 aromatic rings. The summed E-state index contributed by atoms with van der Waals surface area (Å²) < 4.78 is 0. The Morgan fingerprint density at radius 2 is 0.923 bits per heavy atom. The fraction of sp³-hybridized carbons (Fsp3) is 0.840. The molecule has 0 amide bonds. The van der Waals surface area contributed by atoms with Crippen molar-refractivity contribution in [1.82, 2.24) is 0 Å². The molecule has 0 radical (unpaired) electrons. The van der Waals surface area contributed by atoms with Crippen LogP contribution >= 0.6 is 0 Å². The zero-order chi connectivity index (χ0) is 19.8. The number of rotatable bonds is 12. The van der Waals surface area contributed by atoms with Crippen LogP contribution in [0.5, 0.6) is 0 Å². The van der Waals surface area contributed by atoms with Gasteiger partial charge in [-0.25, -0.2) is 0 Å². The molecule has 0 nitrogen and oxygen atoms in total. The van der Waals surface area contributed by atoms with E-state index in [1.165, 1.54) is 51.4 Å². The third kappa shape index (κ3) is 9.88. The van der Waals surface area contributed by atoms with Gasteiger partial charge in [0.15, 0.2) is 0 Å². The SMILES string of the molecule is CCCCCCC#CCCCCCCC#C[Si](C(C)C)(C(C)C)C(C)C. The van der Waals surface area contributed by atoms with Crippen molar-refractivity contribution >= 4 is 8.07 Å². The van der Waals surface area contributed by atoms with Crippen LogP contribution in [0.4, 0.5) is 0 Å². The lowest BCUT2D eigenvalue weighted by Gasteiger charge is -2.38. The predicted octanol–water partition coefficient (Wildman–Crippen LogP) is 8.52. The first kappa shape index (κ1) is 25.3. The van der Waals surface area contributed by atoms with E-state index in [9.17, 15) is 0 Å². The van der Waals surface area contributed by atoms with Gasteiger partial charge in [0.05, 0.1) is 0 Å². The van der Waals surface area contributed by atoms with Crippen LogP contribution in [0.1, 0.15) is 119 Å². The number of unbranched alkanes of at least 4 members (excludes halogenated alkanes) is 9. The van der Waals surface area contributed by atoms with Crippen molar-refractivity contribution < 1.29 is 0 Å². The minimum absolute atomic E-state index is 0.746. The molecule has 0 aromatic carbocycles. The molecular weight excluding hydrogens is 328 g/mol. The van der Waals surface area contributed by atoms with E-state index >= 15 is 0 Å². The van der Waals surface area contributed by atoms with Crippen LogP contribution in [0.3, 0.4) is 0 Å². The fourth-order valence-electron chi connectivity index (χ4n) is 4.25. The predicted molar refractivity (Wildman–Crippen MR) is 123 cm³/mol. The summed E-state index contributed by atoms with van der Waals surface area (Å²) in [6.07, 6.45) is 13.7. The second-order valence-electron chi connectivity index (χ2n) is 8.78. The number of hydrogen-bond acceptors (Lipinski definition) is 0. The smallest absolute Gasteiger partial charge is 0.130 e. The summed E-state index contributed by atoms with van der Waals surface area (Å²) in [5.41, 5.74) is 6.08. The van der Waals surface area contributed by atoms with Gasteiger partial charge in [0, 0.05) is 19.3 Å². The maximum absolute atomic E-state index is 3.84. The summed E-state index contributed by atoms with van der Waals surface area (Å²) in [4.78, 5) is 0. The highest BCUT2D eigenvalue weighted by Gasteiger charge is 2.41. The highest BCUT2D eigenvalue weighted by molar-refractivity contribution is 6.90. The molecule has 0 aliphatic rings. The lowest BCUT2D eigenvalue weighted by molar-refractivity contribution is 0.660. The third-order valence-electron chi connectivity index (χ3n) is 5.80. The minimum Gasteiger partial charge on any atom is -0.130 e. The van der Waals surface area contributed by atoms with E-state index in [4.69, 9.17) is 0 Å². The van der Waals surface area contributed by atoms with Crippen molar-refractivity contribution in [1.29, 1.82) is 0 Å². The fourth-order valence-corrected chi connectivity index (χ4v) is 9.54. The molecule has 0 atom stereocenters. The van der Waals surface area contributed by atoms with Crippen molar-refractivity contribution in [2.75, 3.05) is 0 Å². The molecule has 0 N–H and O–H groups in total. The molecule has 0 unspecified atom stereocenters. The Balaban J connectivity index is 3.97. The summed E-state index contributed by atoms with van der Waals surface area (Å²) in [5, 5.41) is 0. The van der Waals surface area contributed by atoms with Gasteiger partial charge in [0.1, 0.15) is 8.07 Å². The maximum atomic E-state index is 3.84. The molecule has 0 fully saturated rings. The third-order valence-corrected chi connectivity index (χ3v) is 12.1. The molecule has 0 spiro atoms. The molecule has 0 aliphatic carbocycles. The Hall–Kier alpha value is -0.663. The Morgan fingerprint density at radius 1 is 0.538 bits per heavy atom. The summed E-state index contributed by atoms with van der Waals surface area (Å²) in [6.45, 7) is 16.6. The van der Waals surface area contributed by atoms with Gasteiger partial charge in [-0.3, -0.25) is 0 Å². The molecule has 0 aliphatic heterocycles. The largest absolute Gasteiger partial charge is 0.145 e. The topological polar surface area (TPSA) is 0 Å². The van der Waals surface area contributed by atoms with Gasteiger partial charge >= 0.3 is 0 Å². The zero-order valence-electron chi connectivity index (χ0n) is 19.0. The second kappa shape index (κ2) is 15.4. The lowest BCUT2D eigenvalue weighted by Crippen LogP contribution is -2.43. The van der Waals surface area contributed by atoms with E-state index in [1.54, 1.807) is 0 Å². The van der Waals surface area contributed by atoms with Gasteiger partial charge in [-0.1, -0.05) is 80.6 Å². The van der Waals surface area contributed by atoms with E-state index in [2.05, 4.69) is 71.8 Å². The van der Waals surface area contributed by atoms with Crippen LogP contribution in [0.2, 0.25) is 16.6 Å². The van der Waals surface area contributed by atoms with Gasteiger partial charge < -0.3 is 0 Å². The molecule has 0 rings (SSSR count). The first-order valence-electron chi connectivity index (χ1n) is 11.3. The summed E-state index contributed by atoms with van der Waals surface area (Å²) >= 11 is 0. The van der Waals surface area contributed by atoms with Crippen LogP contribution in [0.15, 0.2) is 0 Å². The average molecular weight is 375 g/mol. The monoisotopic (exact) mass is 374 g/mol. The zero-order valence-corrected chi connectivity index (χ0v) is 20.0. The molecule has 0 saturated carbocycles. The Morgan fingerprint density at radius 3 is 1.31 bits per heavy atom. The molecule has 0 saturated heterocycles. The molecule has 0 heterocycles. The Bertz CT molecular complexity index is 428. The number of hydrogen-bond donors (Lipinski definition) is 0. The molecule has 0 aromatic heterocycles. The van der Waals surface area contributed by atoms with Crippen LogP contribution in [0.25, 0.3) is 0 Å². The van der Waals surface area contributed by atoms with Gasteiger partial charge in [-0.2, -0.15) is 0 Å². The van der Waals surface area contributed by atoms with Gasteiger partial charge in [-0.15, -0.1) is 23.3 Å². The van der Waals surface area contributed by atoms with Crippen LogP contribution in [0, 0.1) is 23.3 Å². The Kier molecular flexibility index (Phi) is 15.0. The highest BCUT2D eigenvalue weighted by Crippen LogP contribution is 2.40. The summed E-state index contributed by atoms with van der Waals surface area (Å²) in [6, 6.07) is 0. The standard InChI is InChI=1S/C25H46Si/c1-8-9-10-11-12-13-14-15-16-17-18-19-20-21-22-26(23(2)3,24(4)5)25(6)7/h23-25H,8-12,15-20H2,1-7H3. The highest BCUT2D eigenvalue weighted by atomic mass is 28.3. The van der Waals surface area contributed by atoms with E-state index in [0.29, 0.717) is 0 Å². The second-order valence-corrected chi connectivity index (χ2v) is 14.4. The molecule has 0 bridgehead atoms. The van der Waals surface area contributed by atoms with Crippen LogP contribution in [-0.2, 0) is 0 Å². The first-order chi connectivity index (χ1) is 12.4. The van der Waals surface area contributed by atoms with Crippen molar-refractivity contribution in [3.8, 4) is 23.3 Å². The van der Waals surface area contributed by atoms with Crippen LogP contribution in [-0.4, -0.2) is 8.07 Å². The van der Waals surface area contributed by atoms with E-state index in [0.717, 1.165) is 35.9 Å². The van der Waals surface area contributed by atoms with Gasteiger partial charge in [0.25, 0.3) is 0 Å². The Labute approximate surface area is 167 Å². The quantitative estimate of drug-likeness (QED) is 0.182. The van der Waals surface area contributed by atoms with Crippen molar-refractivity contribution in [3.05, 3.63) is 0 Å². The van der Waals surface area contributed by atoms with E-state index in [-0.39, 0.29) is 0 Å². The molecule has 26 heavy (non-hydrogen) atoms. The summed E-state index contributed by atoms with van der Waals surface area (Å²) in [5.74, 6) is 10.3. The molecular formula is C25H46Si. The molecule has 1 heteroatoms. The minimum atomic E-state index is -1.51. The van der Waals surface area contributed by atoms with Gasteiger partial charge in [-0.05, 0) is 35.9 Å². The lowest BCUT2D eigenvalue weighted by atomic mass is 10.1. The maximum Gasteiger partial charge on any atom is 0.145 e. The molecule has 150 valence electrons.